The average molecular weight is 1710 g/mol. The van der Waals surface area contributed by atoms with Crippen LogP contribution in [0.1, 0.15) is 120 Å². The lowest BCUT2D eigenvalue weighted by Gasteiger charge is -2.36. The first-order valence-corrected chi connectivity index (χ1v) is 42.4. The number of rotatable bonds is 10. The SMILES string of the molecule is COc1ccc(C2NCCc3c2[nH]c2ccc(Cl)cc32)cc1OC.COc1ccc(C2c3[nH]c4ccc(Br)cc4c3CCN2c2ncccn2)cc1.Cc1cccc2c3c([nH]c12)C(c1ccccc1)NCC3.Clc1ccc2[nH]c3c(c2c1)CCN(c1ncccn1)C3c1ccc2c(c1)OCO2.Oc1ccc2[nH]c3c(c2c1)CCNC3c1ccccc1. The second-order valence-corrected chi connectivity index (χ2v) is 32.7. The van der Waals surface area contributed by atoms with Crippen LogP contribution in [0.5, 0.6) is 34.5 Å². The molecule has 23 rings (SSSR count). The number of phenolic OH excluding ortho intramolecular Hbond substituents is 1. The molecule has 0 aliphatic carbocycles. The van der Waals surface area contributed by atoms with E-state index in [2.05, 4.69) is 215 Å². The number of hydrogen-bond acceptors (Lipinski definition) is 15. The van der Waals surface area contributed by atoms with Crippen LogP contribution in [0.25, 0.3) is 54.5 Å². The fraction of sp³-hybridized carbons (Fsp3) is 0.204. The highest BCUT2D eigenvalue weighted by atomic mass is 79.9. The smallest absolute Gasteiger partial charge is 0.231 e. The van der Waals surface area contributed by atoms with Crippen molar-refractivity contribution in [2.45, 2.75) is 69.2 Å². The van der Waals surface area contributed by atoms with Gasteiger partial charge in [0.05, 0.1) is 51.5 Å². The van der Waals surface area contributed by atoms with Crippen molar-refractivity contribution in [3.63, 3.8) is 0 Å². The van der Waals surface area contributed by atoms with Crippen molar-refractivity contribution in [1.82, 2.24) is 60.8 Å². The van der Waals surface area contributed by atoms with Gasteiger partial charge in [0, 0.05) is 155 Å². The molecule has 10 aromatic carbocycles. The van der Waals surface area contributed by atoms with Crippen molar-refractivity contribution in [2.24, 2.45) is 0 Å². The fourth-order valence-corrected chi connectivity index (χ4v) is 19.1. The van der Waals surface area contributed by atoms with E-state index >= 15 is 0 Å². The molecule has 7 aromatic heterocycles. The number of H-pyrrole nitrogens is 5. The lowest BCUT2D eigenvalue weighted by atomic mass is 9.92. The Bertz CT molecular complexity index is 6600. The van der Waals surface area contributed by atoms with Crippen LogP contribution in [-0.4, -0.2) is 111 Å². The second-order valence-electron chi connectivity index (χ2n) is 30.9. The molecule has 23 heteroatoms. The predicted octanol–water partition coefficient (Wildman–Crippen LogP) is 20.3. The maximum atomic E-state index is 9.70. The van der Waals surface area contributed by atoms with Gasteiger partial charge in [-0.2, -0.15) is 0 Å². The molecular formula is C98H89BrCl2N14O6. The summed E-state index contributed by atoms with van der Waals surface area (Å²) in [6.07, 6.45) is 12.0. The number of nitrogens with one attached hydrogen (secondary N) is 8. The Hall–Kier alpha value is -12.6. The first-order valence-electron chi connectivity index (χ1n) is 40.9. The molecule has 608 valence electrons. The van der Waals surface area contributed by atoms with E-state index in [1.54, 1.807) is 52.2 Å². The second kappa shape index (κ2) is 34.3. The van der Waals surface area contributed by atoms with Crippen molar-refractivity contribution in [3.05, 3.63) is 353 Å². The molecule has 121 heavy (non-hydrogen) atoms. The number of methoxy groups -OCH3 is 3. The van der Waals surface area contributed by atoms with Gasteiger partial charge in [-0.25, -0.2) is 19.9 Å². The van der Waals surface area contributed by atoms with E-state index in [0.29, 0.717) is 11.7 Å². The number of anilines is 2. The summed E-state index contributed by atoms with van der Waals surface area (Å²) in [5.41, 5.74) is 26.0. The molecule has 6 aliphatic rings. The van der Waals surface area contributed by atoms with Crippen LogP contribution in [-0.2, 0) is 32.1 Å². The van der Waals surface area contributed by atoms with Crippen LogP contribution < -0.4 is 49.4 Å². The monoisotopic (exact) mass is 1710 g/mol. The van der Waals surface area contributed by atoms with Crippen LogP contribution in [0.2, 0.25) is 10.0 Å². The highest BCUT2D eigenvalue weighted by molar-refractivity contribution is 9.10. The van der Waals surface area contributed by atoms with E-state index in [1.165, 1.54) is 99.9 Å². The zero-order chi connectivity index (χ0) is 82.2. The molecule has 9 N–H and O–H groups in total. The van der Waals surface area contributed by atoms with E-state index in [-0.39, 0.29) is 37.0 Å². The molecule has 0 saturated heterocycles. The summed E-state index contributed by atoms with van der Waals surface area (Å²) >= 11 is 16.1. The predicted molar refractivity (Wildman–Crippen MR) is 484 cm³/mol. The summed E-state index contributed by atoms with van der Waals surface area (Å²) in [6, 6.07) is 76.3. The highest BCUT2D eigenvalue weighted by Gasteiger charge is 2.37. The molecule has 6 aliphatic heterocycles. The molecule has 17 aromatic rings. The Balaban J connectivity index is 0.000000101. The lowest BCUT2D eigenvalue weighted by molar-refractivity contribution is 0.174. The summed E-state index contributed by atoms with van der Waals surface area (Å²) in [6.45, 7) is 7.00. The van der Waals surface area contributed by atoms with Gasteiger partial charge in [-0.05, 0) is 222 Å². The van der Waals surface area contributed by atoms with Crippen molar-refractivity contribution >= 4 is 106 Å². The summed E-state index contributed by atoms with van der Waals surface area (Å²) in [4.78, 5) is 40.6. The van der Waals surface area contributed by atoms with E-state index in [9.17, 15) is 5.11 Å². The molecule has 0 spiro atoms. The van der Waals surface area contributed by atoms with Crippen molar-refractivity contribution < 1.29 is 28.8 Å². The third kappa shape index (κ3) is 15.5. The summed E-state index contributed by atoms with van der Waals surface area (Å²) in [5.74, 6) is 5.64. The van der Waals surface area contributed by atoms with Crippen LogP contribution >= 0.6 is 39.1 Å². The van der Waals surface area contributed by atoms with Gasteiger partial charge in [-0.3, -0.25) is 0 Å². The van der Waals surface area contributed by atoms with Gasteiger partial charge in [-0.15, -0.1) is 0 Å². The van der Waals surface area contributed by atoms with E-state index in [4.69, 9.17) is 46.9 Å². The number of fused-ring (bicyclic) bond motifs is 16. The van der Waals surface area contributed by atoms with E-state index < -0.39 is 0 Å². The molecule has 0 radical (unpaired) electrons. The number of aromatic nitrogens is 9. The minimum absolute atomic E-state index is 0.0169. The van der Waals surface area contributed by atoms with Crippen molar-refractivity contribution in [2.75, 3.05) is 70.6 Å². The average Bonchev–Trinajstić information content (AvgIpc) is 1.63. The van der Waals surface area contributed by atoms with Crippen LogP contribution in [0.4, 0.5) is 11.9 Å². The topological polar surface area (TPSA) is 239 Å². The van der Waals surface area contributed by atoms with Gasteiger partial charge in [0.1, 0.15) is 11.5 Å². The molecule has 20 nitrogen and oxygen atoms in total. The number of aromatic amines is 5. The standard InChI is InChI=1S/C22H19BrN4O.C22H17ClN4O2.C19H19ClN2O2.C18H18N2.C17H16N2O/c1-28-16-6-3-14(4-7-16)21-20-17(18-13-15(23)5-8-19(18)26-20)9-12-27(21)22-24-10-2-11-25-22;23-14-3-4-17-16(11-14)15-6-9-27(22-24-7-1-8-25-22)21(20(15)26-17)13-2-5-18-19(10-13)29-12-28-18;1-23-16-6-3-11(9-17(16)24-2)18-19-13(7-8-21-18)14-10-12(20)4-5-15(14)22-19;1-12-6-5-9-14-15-10-11-19-17(18(15)20-16(12)14)13-7-3-2-4-8-13;20-12-6-7-15-14(10-12)13-8-9-18-16(17(13)19-15)11-4-2-1-3-5-11/h2-8,10-11,13,21,26H,9,12H2,1H3;1-5,7-8,10-11,21,26H,6,9,12H2;3-6,9-10,18,21-22H,7-8H2,1-2H3;2-9,17,19-20H,10-11H2,1H3;1-7,10,16,18-20H,8-9H2. The molecule has 0 amide bonds. The number of para-hydroxylation sites is 1. The Labute approximate surface area is 718 Å². The molecule has 0 fully saturated rings. The van der Waals surface area contributed by atoms with Crippen LogP contribution in [0.15, 0.2) is 254 Å². The third-order valence-electron chi connectivity index (χ3n) is 24.0. The van der Waals surface area contributed by atoms with Crippen LogP contribution in [0, 0.1) is 6.92 Å². The largest absolute Gasteiger partial charge is 0.508 e. The number of hydrogen-bond donors (Lipinski definition) is 9. The summed E-state index contributed by atoms with van der Waals surface area (Å²) in [5, 5.41) is 28.2. The molecule has 0 saturated carbocycles. The third-order valence-corrected chi connectivity index (χ3v) is 25.0. The summed E-state index contributed by atoms with van der Waals surface area (Å²) < 4.78 is 28.4. The van der Waals surface area contributed by atoms with Gasteiger partial charge in [-0.1, -0.05) is 142 Å². The Kier molecular flexibility index (Phi) is 22.2. The molecule has 13 heterocycles. The minimum Gasteiger partial charge on any atom is -0.508 e. The van der Waals surface area contributed by atoms with E-state index in [0.717, 1.165) is 158 Å². The number of halogens is 3. The summed E-state index contributed by atoms with van der Waals surface area (Å²) in [7, 11) is 5.00. The number of aromatic hydroxyl groups is 1. The highest BCUT2D eigenvalue weighted by Crippen LogP contribution is 2.47. The van der Waals surface area contributed by atoms with Gasteiger partial charge in [0.2, 0.25) is 18.7 Å². The zero-order valence-corrected chi connectivity index (χ0v) is 70.2. The van der Waals surface area contributed by atoms with E-state index in [1.807, 2.05) is 97.1 Å². The lowest BCUT2D eigenvalue weighted by Crippen LogP contribution is -2.37. The Morgan fingerprint density at radius 1 is 0.397 bits per heavy atom. The maximum Gasteiger partial charge on any atom is 0.231 e. The number of nitrogens with zero attached hydrogens (tertiary/aromatic N) is 6. The van der Waals surface area contributed by atoms with Gasteiger partial charge < -0.3 is 79.5 Å². The van der Waals surface area contributed by atoms with Crippen LogP contribution in [0.3, 0.4) is 0 Å². The van der Waals surface area contributed by atoms with Gasteiger partial charge >= 0.3 is 0 Å². The first kappa shape index (κ1) is 78.3. The fourth-order valence-electron chi connectivity index (χ4n) is 18.4. The maximum absolute atomic E-state index is 9.70. The number of phenols is 1. The quantitative estimate of drug-likeness (QED) is 0.0619. The molecular weight excluding hydrogens is 1620 g/mol. The molecule has 5 unspecified atom stereocenters. The molecule has 0 bridgehead atoms. The normalized spacial score (nSPS) is 17.3. The van der Waals surface area contributed by atoms with Crippen molar-refractivity contribution in [1.29, 1.82) is 0 Å². The minimum atomic E-state index is -0.0678. The van der Waals surface area contributed by atoms with Gasteiger partial charge in [0.15, 0.2) is 23.0 Å². The van der Waals surface area contributed by atoms with Gasteiger partial charge in [0.25, 0.3) is 0 Å². The number of aryl methyl sites for hydroxylation is 1. The first-order chi connectivity index (χ1) is 59.4. The Morgan fingerprint density at radius 2 is 0.868 bits per heavy atom. The number of ether oxygens (including phenoxy) is 5. The molecule has 5 atom stereocenters. The zero-order valence-electron chi connectivity index (χ0n) is 67.1. The Morgan fingerprint density at radius 3 is 1.43 bits per heavy atom. The van der Waals surface area contributed by atoms with Crippen molar-refractivity contribution in [3.8, 4) is 34.5 Å². The number of benzene rings is 10.